The summed E-state index contributed by atoms with van der Waals surface area (Å²) in [7, 11) is -1.70. The van der Waals surface area contributed by atoms with Crippen LogP contribution in [0, 0.1) is 0 Å². The Balaban J connectivity index is 1.90. The molecule has 3 nitrogen and oxygen atoms in total. The second-order valence-corrected chi connectivity index (χ2v) is 14.7. The molecule has 1 aliphatic rings. The summed E-state index contributed by atoms with van der Waals surface area (Å²) in [5.74, 6) is 0.0600. The lowest BCUT2D eigenvalue weighted by Crippen LogP contribution is -2.41. The van der Waals surface area contributed by atoms with Gasteiger partial charge in [-0.15, -0.1) is 11.3 Å². The van der Waals surface area contributed by atoms with Crippen LogP contribution in [0.25, 0.3) is 0 Å². The summed E-state index contributed by atoms with van der Waals surface area (Å²) in [6.45, 7) is 12.0. The van der Waals surface area contributed by atoms with E-state index in [0.717, 1.165) is 34.5 Å². The number of halogens is 1. The van der Waals surface area contributed by atoms with E-state index in [0.29, 0.717) is 6.04 Å². The molecule has 22 heavy (non-hydrogen) atoms. The minimum atomic E-state index is -1.70. The summed E-state index contributed by atoms with van der Waals surface area (Å²) in [6, 6.07) is 2.40. The van der Waals surface area contributed by atoms with Gasteiger partial charge in [0, 0.05) is 12.6 Å². The summed E-state index contributed by atoms with van der Waals surface area (Å²) < 4.78 is 7.27. The van der Waals surface area contributed by atoms with Crippen LogP contribution >= 0.6 is 27.3 Å². The minimum absolute atomic E-state index is 0.0600. The van der Waals surface area contributed by atoms with E-state index >= 15 is 0 Å². The Bertz CT molecular complexity index is 547. The van der Waals surface area contributed by atoms with E-state index in [1.807, 2.05) is 6.07 Å². The summed E-state index contributed by atoms with van der Waals surface area (Å²) >= 11 is 5.10. The molecule has 0 radical (unpaired) electrons. The largest absolute Gasteiger partial charge is 0.416 e. The van der Waals surface area contributed by atoms with Crippen molar-refractivity contribution in [1.29, 1.82) is 0 Å². The summed E-state index contributed by atoms with van der Waals surface area (Å²) in [6.07, 6.45) is 3.08. The van der Waals surface area contributed by atoms with Crippen molar-refractivity contribution in [3.63, 3.8) is 0 Å². The molecule has 0 unspecified atom stereocenters. The Morgan fingerprint density at radius 2 is 2.09 bits per heavy atom. The molecule has 1 heterocycles. The van der Waals surface area contributed by atoms with Crippen molar-refractivity contribution in [2.45, 2.75) is 64.2 Å². The number of thiophene rings is 1. The number of carbonyl (C=O) groups excluding carboxylic acids is 1. The zero-order valence-electron chi connectivity index (χ0n) is 14.1. The van der Waals surface area contributed by atoms with Crippen LogP contribution in [0.3, 0.4) is 0 Å². The molecule has 1 saturated carbocycles. The number of rotatable bonds is 6. The summed E-state index contributed by atoms with van der Waals surface area (Å²) in [4.78, 5) is 12.9. The predicted molar refractivity (Wildman–Crippen MR) is 99.4 cm³/mol. The molecule has 1 aliphatic carbocycles. The number of hydrogen-bond donors (Lipinski definition) is 1. The average molecular weight is 404 g/mol. The quantitative estimate of drug-likeness (QED) is 0.680. The Morgan fingerprint density at radius 1 is 1.45 bits per heavy atom. The maximum atomic E-state index is 12.1. The molecular weight excluding hydrogens is 378 g/mol. The van der Waals surface area contributed by atoms with Crippen LogP contribution in [0.5, 0.6) is 0 Å². The monoisotopic (exact) mass is 403 g/mol. The number of amides is 1. The molecule has 0 aromatic carbocycles. The van der Waals surface area contributed by atoms with Gasteiger partial charge in [0.05, 0.1) is 8.66 Å². The van der Waals surface area contributed by atoms with E-state index < -0.39 is 8.32 Å². The molecule has 1 N–H and O–H groups in total. The topological polar surface area (TPSA) is 38.3 Å². The van der Waals surface area contributed by atoms with Crippen LogP contribution < -0.4 is 5.32 Å². The first-order valence-electron chi connectivity index (χ1n) is 7.83. The molecule has 0 bridgehead atoms. The molecule has 1 fully saturated rings. The highest BCUT2D eigenvalue weighted by atomic mass is 79.9. The van der Waals surface area contributed by atoms with Crippen molar-refractivity contribution >= 4 is 41.5 Å². The number of carbonyl (C=O) groups is 1. The van der Waals surface area contributed by atoms with E-state index in [4.69, 9.17) is 4.43 Å². The average Bonchev–Trinajstić information content (AvgIpc) is 3.11. The molecule has 124 valence electrons. The van der Waals surface area contributed by atoms with Crippen molar-refractivity contribution in [3.8, 4) is 0 Å². The van der Waals surface area contributed by atoms with Gasteiger partial charge in [0.15, 0.2) is 8.32 Å². The Hall–Kier alpha value is -0.173. The van der Waals surface area contributed by atoms with Crippen LogP contribution in [0.4, 0.5) is 0 Å². The first kappa shape index (κ1) is 18.2. The van der Waals surface area contributed by atoms with Crippen LogP contribution in [0.15, 0.2) is 9.85 Å². The fourth-order valence-electron chi connectivity index (χ4n) is 1.81. The maximum Gasteiger partial charge on any atom is 0.261 e. The maximum absolute atomic E-state index is 12.1. The lowest BCUT2D eigenvalue weighted by molar-refractivity contribution is 0.0955. The van der Waals surface area contributed by atoms with Gasteiger partial charge in [0.2, 0.25) is 0 Å². The fraction of sp³-hybridized carbons (Fsp3) is 0.688. The van der Waals surface area contributed by atoms with Crippen LogP contribution in [-0.2, 0) is 10.8 Å². The van der Waals surface area contributed by atoms with Crippen molar-refractivity contribution < 1.29 is 9.22 Å². The van der Waals surface area contributed by atoms with Crippen molar-refractivity contribution in [2.24, 2.45) is 0 Å². The Labute approximate surface area is 147 Å². The van der Waals surface area contributed by atoms with Gasteiger partial charge in [0.1, 0.15) is 0 Å². The summed E-state index contributed by atoms with van der Waals surface area (Å²) in [5.41, 5.74) is 1.17. The van der Waals surface area contributed by atoms with E-state index in [2.05, 4.69) is 55.1 Å². The predicted octanol–water partition coefficient (Wildman–Crippen LogP) is 4.97. The van der Waals surface area contributed by atoms with Gasteiger partial charge >= 0.3 is 0 Å². The smallest absolute Gasteiger partial charge is 0.261 e. The second kappa shape index (κ2) is 6.75. The first-order chi connectivity index (χ1) is 10.1. The highest BCUT2D eigenvalue weighted by Gasteiger charge is 2.36. The minimum Gasteiger partial charge on any atom is -0.416 e. The van der Waals surface area contributed by atoms with Crippen molar-refractivity contribution in [2.75, 3.05) is 6.61 Å². The Kier molecular flexibility index (Phi) is 5.57. The summed E-state index contributed by atoms with van der Waals surface area (Å²) in [5, 5.41) is 3.27. The standard InChI is InChI=1S/C16H26BrNO2SSi/c1-16(2,3)22(4,5)20-9-8-11-10-13(21-14(11)17)15(19)18-12-6-7-12/h10,12H,6-9H2,1-5H3,(H,18,19). The number of hydrogen-bond acceptors (Lipinski definition) is 3. The molecule has 1 amide bonds. The van der Waals surface area contributed by atoms with E-state index in [1.54, 1.807) is 0 Å². The normalized spacial score (nSPS) is 15.9. The molecule has 1 aromatic heterocycles. The first-order valence-corrected chi connectivity index (χ1v) is 12.3. The van der Waals surface area contributed by atoms with Crippen molar-refractivity contribution in [3.05, 3.63) is 20.3 Å². The third-order valence-electron chi connectivity index (χ3n) is 4.53. The molecule has 6 heteroatoms. The third kappa shape index (κ3) is 4.66. The Morgan fingerprint density at radius 3 is 2.64 bits per heavy atom. The van der Waals surface area contributed by atoms with Crippen LogP contribution in [0.2, 0.25) is 18.1 Å². The lowest BCUT2D eigenvalue weighted by atomic mass is 10.2. The van der Waals surface area contributed by atoms with Crippen molar-refractivity contribution in [1.82, 2.24) is 5.32 Å². The van der Waals surface area contributed by atoms with Gasteiger partial charge in [-0.05, 0) is 65.0 Å². The molecule has 1 aromatic rings. The highest BCUT2D eigenvalue weighted by molar-refractivity contribution is 9.11. The van der Waals surface area contributed by atoms with E-state index in [-0.39, 0.29) is 10.9 Å². The zero-order chi connectivity index (χ0) is 16.5. The van der Waals surface area contributed by atoms with Crippen LogP contribution in [-0.4, -0.2) is 26.9 Å². The molecule has 2 rings (SSSR count). The zero-order valence-corrected chi connectivity index (χ0v) is 17.5. The van der Waals surface area contributed by atoms with Gasteiger partial charge in [-0.1, -0.05) is 20.8 Å². The van der Waals surface area contributed by atoms with Gasteiger partial charge in [-0.3, -0.25) is 4.79 Å². The van der Waals surface area contributed by atoms with Gasteiger partial charge in [0.25, 0.3) is 5.91 Å². The third-order valence-corrected chi connectivity index (χ3v) is 11.0. The van der Waals surface area contributed by atoms with Gasteiger partial charge in [-0.2, -0.15) is 0 Å². The SMILES string of the molecule is CC(C)(C)[Si](C)(C)OCCc1cc(C(=O)NC2CC2)sc1Br. The van der Waals surface area contributed by atoms with E-state index in [9.17, 15) is 4.79 Å². The molecule has 0 atom stereocenters. The molecule has 0 spiro atoms. The van der Waals surface area contributed by atoms with Gasteiger partial charge in [-0.25, -0.2) is 0 Å². The highest BCUT2D eigenvalue weighted by Crippen LogP contribution is 2.37. The molecular formula is C16H26BrNO2SSi. The lowest BCUT2D eigenvalue weighted by Gasteiger charge is -2.36. The molecule has 0 saturated heterocycles. The van der Waals surface area contributed by atoms with E-state index in [1.165, 1.54) is 16.9 Å². The second-order valence-electron chi connectivity index (χ2n) is 7.52. The van der Waals surface area contributed by atoms with Gasteiger partial charge < -0.3 is 9.74 Å². The fourth-order valence-corrected chi connectivity index (χ4v) is 4.52. The molecule has 0 aliphatic heterocycles. The van der Waals surface area contributed by atoms with Crippen LogP contribution in [0.1, 0.15) is 48.8 Å². The number of nitrogens with one attached hydrogen (secondary N) is 1.